The van der Waals surface area contributed by atoms with Crippen molar-refractivity contribution in [2.45, 2.75) is 51.8 Å². The zero-order valence-electron chi connectivity index (χ0n) is 7.96. The maximum atomic E-state index is 11.3. The van der Waals surface area contributed by atoms with Crippen molar-refractivity contribution in [3.05, 3.63) is 0 Å². The van der Waals surface area contributed by atoms with Crippen LogP contribution in [-0.4, -0.2) is 24.2 Å². The van der Waals surface area contributed by atoms with E-state index in [2.05, 4.69) is 12.2 Å². The molecular formula is C9H17NO2. The zero-order valence-corrected chi connectivity index (χ0v) is 7.96. The van der Waals surface area contributed by atoms with Crippen molar-refractivity contribution in [2.75, 3.05) is 0 Å². The second-order valence-electron chi connectivity index (χ2n) is 3.68. The van der Waals surface area contributed by atoms with Gasteiger partial charge in [0.1, 0.15) is 6.04 Å². The molecule has 0 spiro atoms. The number of nitrogens with one attached hydrogen (secondary N) is 1. The van der Waals surface area contributed by atoms with Gasteiger partial charge in [-0.2, -0.15) is 0 Å². The molecule has 1 saturated heterocycles. The molecule has 1 aliphatic heterocycles. The molecule has 1 heterocycles. The monoisotopic (exact) mass is 171 g/mol. The third kappa shape index (κ3) is 2.48. The van der Waals surface area contributed by atoms with Crippen molar-refractivity contribution in [2.24, 2.45) is 0 Å². The summed E-state index contributed by atoms with van der Waals surface area (Å²) in [5, 5.41) is 3.18. The molecule has 0 saturated carbocycles. The highest BCUT2D eigenvalue weighted by atomic mass is 16.5. The summed E-state index contributed by atoms with van der Waals surface area (Å²) < 4.78 is 5.08. The maximum Gasteiger partial charge on any atom is 0.323 e. The van der Waals surface area contributed by atoms with Crippen LogP contribution in [0.2, 0.25) is 0 Å². The molecule has 0 aliphatic carbocycles. The first-order valence-electron chi connectivity index (χ1n) is 4.56. The quantitative estimate of drug-likeness (QED) is 0.632. The molecule has 1 fully saturated rings. The van der Waals surface area contributed by atoms with Gasteiger partial charge in [0.05, 0.1) is 6.10 Å². The minimum absolute atomic E-state index is 0.00444. The molecule has 1 aliphatic rings. The summed E-state index contributed by atoms with van der Waals surface area (Å²) in [5.41, 5.74) is 0. The Balaban J connectivity index is 2.33. The molecular weight excluding hydrogens is 154 g/mol. The lowest BCUT2D eigenvalue weighted by Gasteiger charge is -2.13. The van der Waals surface area contributed by atoms with Crippen LogP contribution in [0.3, 0.4) is 0 Å². The van der Waals surface area contributed by atoms with E-state index in [1.165, 1.54) is 0 Å². The predicted octanol–water partition coefficient (Wildman–Crippen LogP) is 1.08. The molecule has 0 radical (unpaired) electrons. The lowest BCUT2D eigenvalue weighted by molar-refractivity contribution is -0.149. The third-order valence-electron chi connectivity index (χ3n) is 2.01. The van der Waals surface area contributed by atoms with Crippen LogP contribution in [0, 0.1) is 0 Å². The largest absolute Gasteiger partial charge is 0.462 e. The molecule has 70 valence electrons. The lowest BCUT2D eigenvalue weighted by Crippen LogP contribution is -2.36. The number of carbonyl (C=O) groups excluding carboxylic acids is 1. The highest BCUT2D eigenvalue weighted by Gasteiger charge is 2.27. The van der Waals surface area contributed by atoms with E-state index in [0.29, 0.717) is 6.04 Å². The van der Waals surface area contributed by atoms with Crippen LogP contribution in [0.1, 0.15) is 33.6 Å². The first kappa shape index (κ1) is 9.52. The number of rotatable bonds is 2. The highest BCUT2D eigenvalue weighted by Crippen LogP contribution is 2.13. The first-order chi connectivity index (χ1) is 5.59. The van der Waals surface area contributed by atoms with Crippen LogP contribution in [0.5, 0.6) is 0 Å². The van der Waals surface area contributed by atoms with E-state index in [0.717, 1.165) is 12.8 Å². The van der Waals surface area contributed by atoms with E-state index in [1.807, 2.05) is 13.8 Å². The van der Waals surface area contributed by atoms with Crippen molar-refractivity contribution < 1.29 is 9.53 Å². The Morgan fingerprint density at radius 2 is 2.17 bits per heavy atom. The average Bonchev–Trinajstić information content (AvgIpc) is 2.34. The Morgan fingerprint density at radius 3 is 2.58 bits per heavy atom. The molecule has 2 atom stereocenters. The molecule has 1 unspecified atom stereocenters. The summed E-state index contributed by atoms with van der Waals surface area (Å²) >= 11 is 0. The molecule has 0 bridgehead atoms. The molecule has 12 heavy (non-hydrogen) atoms. The van der Waals surface area contributed by atoms with E-state index in [-0.39, 0.29) is 18.1 Å². The van der Waals surface area contributed by atoms with Gasteiger partial charge in [0, 0.05) is 6.04 Å². The summed E-state index contributed by atoms with van der Waals surface area (Å²) in [7, 11) is 0. The summed E-state index contributed by atoms with van der Waals surface area (Å²) in [5.74, 6) is -0.102. The normalized spacial score (nSPS) is 29.3. The van der Waals surface area contributed by atoms with E-state index in [4.69, 9.17) is 4.74 Å². The second kappa shape index (κ2) is 3.90. The van der Waals surface area contributed by atoms with Gasteiger partial charge in [0.2, 0.25) is 0 Å². The SMILES string of the molecule is CC1CC[C@@H](C(=O)OC(C)C)N1. The molecule has 0 aromatic rings. The van der Waals surface area contributed by atoms with Crippen LogP contribution in [0.4, 0.5) is 0 Å². The fourth-order valence-corrected chi connectivity index (χ4v) is 1.43. The Bertz CT molecular complexity index is 168. The lowest BCUT2D eigenvalue weighted by atomic mass is 10.2. The number of hydrogen-bond donors (Lipinski definition) is 1. The Labute approximate surface area is 73.5 Å². The van der Waals surface area contributed by atoms with E-state index in [1.54, 1.807) is 0 Å². The maximum absolute atomic E-state index is 11.3. The van der Waals surface area contributed by atoms with E-state index >= 15 is 0 Å². The summed E-state index contributed by atoms with van der Waals surface area (Å²) in [6.45, 7) is 5.83. The summed E-state index contributed by atoms with van der Waals surface area (Å²) in [6, 6.07) is 0.386. The van der Waals surface area contributed by atoms with Crippen molar-refractivity contribution in [3.8, 4) is 0 Å². The van der Waals surface area contributed by atoms with Gasteiger partial charge < -0.3 is 10.1 Å². The molecule has 3 heteroatoms. The fourth-order valence-electron chi connectivity index (χ4n) is 1.43. The van der Waals surface area contributed by atoms with E-state index in [9.17, 15) is 4.79 Å². The molecule has 0 aromatic heterocycles. The molecule has 1 rings (SSSR count). The van der Waals surface area contributed by atoms with Gasteiger partial charge in [0.15, 0.2) is 0 Å². The third-order valence-corrected chi connectivity index (χ3v) is 2.01. The van der Waals surface area contributed by atoms with Crippen molar-refractivity contribution in [1.82, 2.24) is 5.32 Å². The zero-order chi connectivity index (χ0) is 9.14. The van der Waals surface area contributed by atoms with Crippen LogP contribution in [0.15, 0.2) is 0 Å². The van der Waals surface area contributed by atoms with Gasteiger partial charge in [0.25, 0.3) is 0 Å². The van der Waals surface area contributed by atoms with Crippen molar-refractivity contribution in [1.29, 1.82) is 0 Å². The van der Waals surface area contributed by atoms with E-state index < -0.39 is 0 Å². The Hall–Kier alpha value is -0.570. The smallest absolute Gasteiger partial charge is 0.323 e. The number of hydrogen-bond acceptors (Lipinski definition) is 3. The van der Waals surface area contributed by atoms with Gasteiger partial charge in [-0.05, 0) is 33.6 Å². The van der Waals surface area contributed by atoms with Gasteiger partial charge in [-0.15, -0.1) is 0 Å². The fraction of sp³-hybridized carbons (Fsp3) is 0.889. The van der Waals surface area contributed by atoms with Crippen LogP contribution in [-0.2, 0) is 9.53 Å². The number of carbonyl (C=O) groups is 1. The van der Waals surface area contributed by atoms with Crippen LogP contribution >= 0.6 is 0 Å². The molecule has 0 amide bonds. The van der Waals surface area contributed by atoms with Crippen LogP contribution in [0.25, 0.3) is 0 Å². The molecule has 0 aromatic carbocycles. The van der Waals surface area contributed by atoms with Gasteiger partial charge >= 0.3 is 5.97 Å². The molecule has 3 nitrogen and oxygen atoms in total. The topological polar surface area (TPSA) is 38.3 Å². The minimum Gasteiger partial charge on any atom is -0.462 e. The Kier molecular flexibility index (Phi) is 3.09. The van der Waals surface area contributed by atoms with Gasteiger partial charge in [-0.25, -0.2) is 0 Å². The number of ether oxygens (including phenoxy) is 1. The standard InChI is InChI=1S/C9H17NO2/c1-6(2)12-9(11)8-5-4-7(3)10-8/h6-8,10H,4-5H2,1-3H3/t7?,8-/m0/s1. The minimum atomic E-state index is -0.102. The number of esters is 1. The summed E-state index contributed by atoms with van der Waals surface area (Å²) in [4.78, 5) is 11.3. The predicted molar refractivity (Wildman–Crippen MR) is 46.8 cm³/mol. The van der Waals surface area contributed by atoms with Gasteiger partial charge in [-0.3, -0.25) is 4.79 Å². The van der Waals surface area contributed by atoms with Crippen molar-refractivity contribution >= 4 is 5.97 Å². The first-order valence-corrected chi connectivity index (χ1v) is 4.56. The van der Waals surface area contributed by atoms with Gasteiger partial charge in [-0.1, -0.05) is 0 Å². The summed E-state index contributed by atoms with van der Waals surface area (Å²) in [6.07, 6.45) is 1.97. The average molecular weight is 171 g/mol. The van der Waals surface area contributed by atoms with Crippen LogP contribution < -0.4 is 5.32 Å². The highest BCUT2D eigenvalue weighted by molar-refractivity contribution is 5.76. The second-order valence-corrected chi connectivity index (χ2v) is 3.68. The van der Waals surface area contributed by atoms with Crippen molar-refractivity contribution in [3.63, 3.8) is 0 Å². The molecule has 1 N–H and O–H groups in total. The Morgan fingerprint density at radius 1 is 1.50 bits per heavy atom.